The number of likely N-dealkylation sites (N-methyl/N-ethyl adjacent to an activating group) is 1. The second-order valence-corrected chi connectivity index (χ2v) is 8.47. The zero-order chi connectivity index (χ0) is 20.0. The van der Waals surface area contributed by atoms with Crippen molar-refractivity contribution >= 4 is 16.9 Å². The fourth-order valence-electron chi connectivity index (χ4n) is 4.79. The number of benzene rings is 2. The third-order valence-electron chi connectivity index (χ3n) is 6.73. The Morgan fingerprint density at radius 3 is 2.72 bits per heavy atom. The summed E-state index contributed by atoms with van der Waals surface area (Å²) in [4.78, 5) is 22.4. The van der Waals surface area contributed by atoms with Gasteiger partial charge in [-0.25, -0.2) is 4.98 Å². The molecule has 1 saturated carbocycles. The van der Waals surface area contributed by atoms with E-state index < -0.39 is 0 Å². The molecule has 2 heterocycles. The van der Waals surface area contributed by atoms with Crippen LogP contribution in [0.1, 0.15) is 41.9 Å². The average molecular weight is 389 g/mol. The van der Waals surface area contributed by atoms with Gasteiger partial charge in [0.1, 0.15) is 5.82 Å². The van der Waals surface area contributed by atoms with E-state index >= 15 is 0 Å². The lowest BCUT2D eigenvalue weighted by atomic mass is 9.92. The van der Waals surface area contributed by atoms with Crippen molar-refractivity contribution in [1.82, 2.24) is 19.4 Å². The van der Waals surface area contributed by atoms with Gasteiger partial charge in [-0.05, 0) is 56.5 Å². The van der Waals surface area contributed by atoms with Crippen molar-refractivity contribution in [3.63, 3.8) is 0 Å². The van der Waals surface area contributed by atoms with Crippen LogP contribution in [0.5, 0.6) is 0 Å². The van der Waals surface area contributed by atoms with Gasteiger partial charge < -0.3 is 4.90 Å². The first-order valence-corrected chi connectivity index (χ1v) is 10.7. The molecule has 0 unspecified atom stereocenters. The summed E-state index contributed by atoms with van der Waals surface area (Å²) in [5.41, 5.74) is 3.76. The first kappa shape index (κ1) is 18.4. The van der Waals surface area contributed by atoms with Crippen molar-refractivity contribution in [2.45, 2.75) is 44.7 Å². The maximum Gasteiger partial charge on any atom is 0.253 e. The molecule has 1 aliphatic carbocycles. The number of imidazole rings is 1. The number of carbonyl (C=O) groups is 1. The minimum Gasteiger partial charge on any atom is -0.337 e. The summed E-state index contributed by atoms with van der Waals surface area (Å²) in [5.74, 6) is 1.03. The molecule has 5 rings (SSSR count). The molecular weight excluding hydrogens is 360 g/mol. The van der Waals surface area contributed by atoms with Gasteiger partial charge in [-0.15, -0.1) is 0 Å². The van der Waals surface area contributed by atoms with Crippen LogP contribution >= 0.6 is 0 Å². The molecule has 0 radical (unpaired) electrons. The van der Waals surface area contributed by atoms with Crippen LogP contribution in [0, 0.1) is 6.92 Å². The van der Waals surface area contributed by atoms with Gasteiger partial charge in [0.25, 0.3) is 5.91 Å². The quantitative estimate of drug-likeness (QED) is 0.678. The van der Waals surface area contributed by atoms with Gasteiger partial charge in [-0.1, -0.05) is 24.6 Å². The number of carbonyl (C=O) groups excluding carboxylic acids is 1. The predicted molar refractivity (Wildman–Crippen MR) is 116 cm³/mol. The van der Waals surface area contributed by atoms with E-state index in [2.05, 4.69) is 20.5 Å². The van der Waals surface area contributed by atoms with Gasteiger partial charge in [0, 0.05) is 43.5 Å². The fourth-order valence-corrected chi connectivity index (χ4v) is 4.79. The van der Waals surface area contributed by atoms with E-state index in [1.54, 1.807) is 0 Å². The summed E-state index contributed by atoms with van der Waals surface area (Å²) in [7, 11) is 1.96. The Morgan fingerprint density at radius 2 is 1.93 bits per heavy atom. The van der Waals surface area contributed by atoms with Crippen LogP contribution in [0.15, 0.2) is 48.5 Å². The predicted octanol–water partition coefficient (Wildman–Crippen LogP) is 4.03. The number of fused-ring (bicyclic) bond motifs is 1. The smallest absolute Gasteiger partial charge is 0.253 e. The summed E-state index contributed by atoms with van der Waals surface area (Å²) in [6.07, 6.45) is 5.08. The maximum absolute atomic E-state index is 13.2. The number of hydrogen-bond acceptors (Lipinski definition) is 3. The lowest BCUT2D eigenvalue weighted by Gasteiger charge is -2.35. The minimum atomic E-state index is 0.106. The molecule has 2 aromatic carbocycles. The van der Waals surface area contributed by atoms with E-state index in [0.29, 0.717) is 6.04 Å². The van der Waals surface area contributed by atoms with Crippen molar-refractivity contribution in [1.29, 1.82) is 0 Å². The Hall–Kier alpha value is -2.66. The van der Waals surface area contributed by atoms with Crippen molar-refractivity contribution in [3.8, 4) is 5.69 Å². The first-order valence-electron chi connectivity index (χ1n) is 10.7. The highest BCUT2D eigenvalue weighted by molar-refractivity contribution is 5.95. The second kappa shape index (κ2) is 7.30. The molecule has 29 heavy (non-hydrogen) atoms. The largest absolute Gasteiger partial charge is 0.337 e. The minimum absolute atomic E-state index is 0.106. The standard InChI is InChI=1S/C24H28N4O/c1-17-25-22-11-3-4-12-23(22)28(17)20-10-5-7-18(15-20)24(29)26(2)21-13-14-27(16-21)19-8-6-9-19/h3-5,7,10-12,15,19,21H,6,8-9,13-14,16H2,1-2H3/t21-/m1/s1. The number of aryl methyl sites for hydroxylation is 1. The Labute approximate surface area is 171 Å². The second-order valence-electron chi connectivity index (χ2n) is 8.47. The summed E-state index contributed by atoms with van der Waals surface area (Å²) >= 11 is 0. The highest BCUT2D eigenvalue weighted by Gasteiger charge is 2.34. The van der Waals surface area contributed by atoms with E-state index in [-0.39, 0.29) is 5.91 Å². The fraction of sp³-hybridized carbons (Fsp3) is 0.417. The summed E-state index contributed by atoms with van der Waals surface area (Å²) < 4.78 is 2.13. The van der Waals surface area contributed by atoms with E-state index in [1.807, 2.05) is 61.3 Å². The zero-order valence-corrected chi connectivity index (χ0v) is 17.2. The third-order valence-corrected chi connectivity index (χ3v) is 6.73. The Balaban J connectivity index is 1.39. The normalized spacial score (nSPS) is 20.1. The third kappa shape index (κ3) is 3.23. The average Bonchev–Trinajstić information content (AvgIpc) is 3.29. The molecule has 1 saturated heterocycles. The molecule has 2 aliphatic rings. The number of amides is 1. The van der Waals surface area contributed by atoms with Gasteiger partial charge in [-0.3, -0.25) is 14.3 Å². The van der Waals surface area contributed by atoms with Gasteiger partial charge >= 0.3 is 0 Å². The van der Waals surface area contributed by atoms with E-state index in [9.17, 15) is 4.79 Å². The number of para-hydroxylation sites is 2. The molecular formula is C24H28N4O. The summed E-state index contributed by atoms with van der Waals surface area (Å²) in [6, 6.07) is 17.1. The van der Waals surface area contributed by atoms with Crippen LogP contribution in [-0.4, -0.2) is 57.5 Å². The number of nitrogens with zero attached hydrogens (tertiary/aromatic N) is 4. The number of rotatable bonds is 4. The molecule has 150 valence electrons. The monoisotopic (exact) mass is 388 g/mol. The molecule has 1 aromatic heterocycles. The molecule has 0 N–H and O–H groups in total. The Bertz CT molecular complexity index is 1050. The van der Waals surface area contributed by atoms with Gasteiger partial charge in [0.2, 0.25) is 0 Å². The highest BCUT2D eigenvalue weighted by atomic mass is 16.2. The van der Waals surface area contributed by atoms with Crippen LogP contribution in [0.25, 0.3) is 16.7 Å². The van der Waals surface area contributed by atoms with E-state index in [0.717, 1.165) is 53.7 Å². The van der Waals surface area contributed by atoms with Crippen molar-refractivity contribution in [2.75, 3.05) is 20.1 Å². The molecule has 2 fully saturated rings. The number of hydrogen-bond donors (Lipinski definition) is 0. The van der Waals surface area contributed by atoms with Crippen LogP contribution in [0.3, 0.4) is 0 Å². The number of aromatic nitrogens is 2. The van der Waals surface area contributed by atoms with Gasteiger partial charge in [0.05, 0.1) is 11.0 Å². The summed E-state index contributed by atoms with van der Waals surface area (Å²) in [5, 5.41) is 0. The highest BCUT2D eigenvalue weighted by Crippen LogP contribution is 2.29. The molecule has 5 nitrogen and oxygen atoms in total. The van der Waals surface area contributed by atoms with Crippen LogP contribution in [0.2, 0.25) is 0 Å². The molecule has 5 heteroatoms. The number of likely N-dealkylation sites (tertiary alicyclic amines) is 1. The van der Waals surface area contributed by atoms with Crippen molar-refractivity contribution in [3.05, 3.63) is 59.9 Å². The first-order chi connectivity index (χ1) is 14.1. The van der Waals surface area contributed by atoms with E-state index in [4.69, 9.17) is 0 Å². The summed E-state index contributed by atoms with van der Waals surface area (Å²) in [6.45, 7) is 4.14. The molecule has 3 aromatic rings. The molecule has 1 atom stereocenters. The van der Waals surface area contributed by atoms with Crippen LogP contribution in [0.4, 0.5) is 0 Å². The van der Waals surface area contributed by atoms with Gasteiger partial charge in [-0.2, -0.15) is 0 Å². The molecule has 0 bridgehead atoms. The lowest BCUT2D eigenvalue weighted by molar-refractivity contribution is 0.0720. The maximum atomic E-state index is 13.2. The van der Waals surface area contributed by atoms with Crippen LogP contribution in [-0.2, 0) is 0 Å². The SMILES string of the molecule is Cc1nc2ccccc2n1-c1cccc(C(=O)N(C)[C@@H]2CCN(C3CCC3)C2)c1. The van der Waals surface area contributed by atoms with Crippen LogP contribution < -0.4 is 0 Å². The topological polar surface area (TPSA) is 41.4 Å². The Morgan fingerprint density at radius 1 is 1.10 bits per heavy atom. The Kier molecular flexibility index (Phi) is 4.63. The lowest BCUT2D eigenvalue weighted by Crippen LogP contribution is -2.43. The zero-order valence-electron chi connectivity index (χ0n) is 17.2. The van der Waals surface area contributed by atoms with Crippen molar-refractivity contribution < 1.29 is 4.79 Å². The van der Waals surface area contributed by atoms with E-state index in [1.165, 1.54) is 19.3 Å². The van der Waals surface area contributed by atoms with Gasteiger partial charge in [0.15, 0.2) is 0 Å². The van der Waals surface area contributed by atoms with Crippen molar-refractivity contribution in [2.24, 2.45) is 0 Å². The molecule has 1 aliphatic heterocycles. The molecule has 1 amide bonds. The molecule has 0 spiro atoms.